The Kier molecular flexibility index (Phi) is 7.44. The molecular weight excluding hydrogens is 428 g/mol. The highest BCUT2D eigenvalue weighted by Crippen LogP contribution is 2.27. The number of nitrogens with zero attached hydrogens (tertiary/aromatic N) is 3. The van der Waals surface area contributed by atoms with Crippen LogP contribution in [-0.4, -0.2) is 46.2 Å². The zero-order chi connectivity index (χ0) is 25.0. The summed E-state index contributed by atoms with van der Waals surface area (Å²) in [5.41, 5.74) is 3.07. The molecular formula is C27H34N4O3. The number of carbonyl (C=O) groups excluding carboxylic acids is 2. The van der Waals surface area contributed by atoms with Crippen molar-refractivity contribution in [2.75, 3.05) is 19.0 Å². The Morgan fingerprint density at radius 3 is 2.21 bits per heavy atom. The zero-order valence-electron chi connectivity index (χ0n) is 21.0. The van der Waals surface area contributed by atoms with Crippen molar-refractivity contribution in [1.29, 1.82) is 0 Å². The molecule has 1 aromatic heterocycles. The molecule has 0 spiro atoms. The summed E-state index contributed by atoms with van der Waals surface area (Å²) in [5, 5.41) is 7.71. The van der Waals surface area contributed by atoms with Gasteiger partial charge in [-0.15, -0.1) is 0 Å². The van der Waals surface area contributed by atoms with Crippen LogP contribution in [0.25, 0.3) is 5.69 Å². The summed E-state index contributed by atoms with van der Waals surface area (Å²) in [6, 6.07) is 16.6. The second kappa shape index (κ2) is 10.1. The molecule has 0 fully saturated rings. The predicted molar refractivity (Wildman–Crippen MR) is 135 cm³/mol. The molecule has 7 nitrogen and oxygen atoms in total. The first kappa shape index (κ1) is 25.0. The molecule has 7 heteroatoms. The Labute approximate surface area is 201 Å². The van der Waals surface area contributed by atoms with E-state index >= 15 is 0 Å². The van der Waals surface area contributed by atoms with Crippen molar-refractivity contribution in [3.63, 3.8) is 0 Å². The Hall–Kier alpha value is -3.61. The number of hydrogen-bond donors (Lipinski definition) is 1. The van der Waals surface area contributed by atoms with E-state index in [0.29, 0.717) is 11.4 Å². The zero-order valence-corrected chi connectivity index (χ0v) is 21.0. The molecule has 0 atom stereocenters. The predicted octanol–water partition coefficient (Wildman–Crippen LogP) is 4.98. The minimum Gasteiger partial charge on any atom is -0.497 e. The van der Waals surface area contributed by atoms with E-state index in [9.17, 15) is 9.59 Å². The van der Waals surface area contributed by atoms with E-state index in [-0.39, 0.29) is 29.8 Å². The molecule has 180 valence electrons. The van der Waals surface area contributed by atoms with E-state index in [0.717, 1.165) is 22.7 Å². The maximum atomic E-state index is 13.1. The molecule has 0 aliphatic rings. The average Bonchev–Trinajstić information content (AvgIpc) is 3.21. The van der Waals surface area contributed by atoms with Crippen LogP contribution in [0.3, 0.4) is 0 Å². The van der Waals surface area contributed by atoms with E-state index in [4.69, 9.17) is 9.84 Å². The third kappa shape index (κ3) is 5.84. The van der Waals surface area contributed by atoms with Crippen molar-refractivity contribution in [2.45, 2.75) is 53.0 Å². The van der Waals surface area contributed by atoms with Crippen LogP contribution >= 0.6 is 0 Å². The smallest absolute Gasteiger partial charge is 0.254 e. The fourth-order valence-electron chi connectivity index (χ4n) is 3.44. The number of ether oxygens (including phenoxy) is 1. The lowest BCUT2D eigenvalue weighted by atomic mass is 9.92. The number of amides is 2. The summed E-state index contributed by atoms with van der Waals surface area (Å²) in [4.78, 5) is 27.7. The number of aromatic nitrogens is 2. The maximum Gasteiger partial charge on any atom is 0.254 e. The van der Waals surface area contributed by atoms with Gasteiger partial charge in [-0.1, -0.05) is 38.5 Å². The lowest BCUT2D eigenvalue weighted by Crippen LogP contribution is -2.42. The van der Waals surface area contributed by atoms with Crippen molar-refractivity contribution >= 4 is 17.6 Å². The number of methoxy groups -OCH3 is 1. The third-order valence-electron chi connectivity index (χ3n) is 5.56. The molecule has 3 aromatic rings. The van der Waals surface area contributed by atoms with Crippen LogP contribution in [0.2, 0.25) is 0 Å². The summed E-state index contributed by atoms with van der Waals surface area (Å²) in [5.74, 6) is 0.819. The van der Waals surface area contributed by atoms with Gasteiger partial charge in [0.2, 0.25) is 5.91 Å². The normalized spacial score (nSPS) is 11.4. The van der Waals surface area contributed by atoms with Crippen LogP contribution in [0.15, 0.2) is 54.6 Å². The minimum absolute atomic E-state index is 0.0664. The second-order valence-electron chi connectivity index (χ2n) is 9.72. The number of benzene rings is 2. The molecule has 0 aliphatic heterocycles. The van der Waals surface area contributed by atoms with Crippen LogP contribution in [0, 0.1) is 6.92 Å². The minimum atomic E-state index is -0.288. The molecule has 0 radical (unpaired) electrons. The third-order valence-corrected chi connectivity index (χ3v) is 5.56. The first-order chi connectivity index (χ1) is 16.0. The van der Waals surface area contributed by atoms with Crippen LogP contribution in [0.4, 0.5) is 5.82 Å². The Bertz CT molecular complexity index is 1140. The molecule has 0 bridgehead atoms. The van der Waals surface area contributed by atoms with E-state index in [1.807, 2.05) is 63.2 Å². The molecule has 0 saturated heterocycles. The van der Waals surface area contributed by atoms with E-state index < -0.39 is 0 Å². The van der Waals surface area contributed by atoms with E-state index in [1.54, 1.807) is 28.8 Å². The second-order valence-corrected chi connectivity index (χ2v) is 9.72. The fraction of sp³-hybridized carbons (Fsp3) is 0.370. The quantitative estimate of drug-likeness (QED) is 0.537. The van der Waals surface area contributed by atoms with Gasteiger partial charge >= 0.3 is 0 Å². The molecule has 2 aromatic carbocycles. The van der Waals surface area contributed by atoms with Crippen molar-refractivity contribution in [3.8, 4) is 11.4 Å². The summed E-state index contributed by atoms with van der Waals surface area (Å²) < 4.78 is 6.96. The lowest BCUT2D eigenvalue weighted by Gasteiger charge is -2.26. The number of rotatable bonds is 7. The summed E-state index contributed by atoms with van der Waals surface area (Å²) in [6.07, 6.45) is 0. The van der Waals surface area contributed by atoms with Gasteiger partial charge in [-0.2, -0.15) is 5.10 Å². The summed E-state index contributed by atoms with van der Waals surface area (Å²) >= 11 is 0. The molecule has 3 rings (SSSR count). The molecule has 0 aliphatic carbocycles. The summed E-state index contributed by atoms with van der Waals surface area (Å²) in [6.45, 7) is 11.9. The Morgan fingerprint density at radius 2 is 1.68 bits per heavy atom. The van der Waals surface area contributed by atoms with Crippen molar-refractivity contribution in [1.82, 2.24) is 14.7 Å². The standard InChI is InChI=1S/C27H34N4O3/c1-18(2)30(26(33)20-10-8-19(3)9-11-20)17-25(32)28-24-16-23(27(4,5)6)29-31(24)21-12-14-22(34-7)15-13-21/h8-16,18H,17H2,1-7H3,(H,28,32). The molecule has 1 N–H and O–H groups in total. The first-order valence-corrected chi connectivity index (χ1v) is 11.4. The molecule has 0 unspecified atom stereocenters. The van der Waals surface area contributed by atoms with Crippen LogP contribution in [0.5, 0.6) is 5.75 Å². The number of anilines is 1. The van der Waals surface area contributed by atoms with Gasteiger partial charge in [0.1, 0.15) is 18.1 Å². The molecule has 2 amide bonds. The monoisotopic (exact) mass is 462 g/mol. The maximum absolute atomic E-state index is 13.1. The number of carbonyl (C=O) groups is 2. The van der Waals surface area contributed by atoms with Gasteiger partial charge < -0.3 is 15.0 Å². The van der Waals surface area contributed by atoms with Gasteiger partial charge in [0.25, 0.3) is 5.91 Å². The van der Waals surface area contributed by atoms with E-state index in [2.05, 4.69) is 26.1 Å². The van der Waals surface area contributed by atoms with Gasteiger partial charge in [-0.05, 0) is 57.2 Å². The number of nitrogens with one attached hydrogen (secondary N) is 1. The van der Waals surface area contributed by atoms with Crippen molar-refractivity contribution in [2.24, 2.45) is 0 Å². The highest BCUT2D eigenvalue weighted by atomic mass is 16.5. The van der Waals surface area contributed by atoms with E-state index in [1.165, 1.54) is 0 Å². The first-order valence-electron chi connectivity index (χ1n) is 11.4. The number of hydrogen-bond acceptors (Lipinski definition) is 4. The molecule has 0 saturated carbocycles. The van der Waals surface area contributed by atoms with Gasteiger partial charge in [0.15, 0.2) is 0 Å². The largest absolute Gasteiger partial charge is 0.497 e. The summed E-state index contributed by atoms with van der Waals surface area (Å²) in [7, 11) is 1.62. The van der Waals surface area contributed by atoms with Crippen LogP contribution in [0.1, 0.15) is 56.2 Å². The lowest BCUT2D eigenvalue weighted by molar-refractivity contribution is -0.117. The van der Waals surface area contributed by atoms with Gasteiger partial charge in [-0.3, -0.25) is 9.59 Å². The van der Waals surface area contributed by atoms with Gasteiger partial charge in [0.05, 0.1) is 18.5 Å². The molecule has 34 heavy (non-hydrogen) atoms. The topological polar surface area (TPSA) is 76.5 Å². The Morgan fingerprint density at radius 1 is 1.06 bits per heavy atom. The SMILES string of the molecule is COc1ccc(-n2nc(C(C)(C)C)cc2NC(=O)CN(C(=O)c2ccc(C)cc2)C(C)C)cc1. The van der Waals surface area contributed by atoms with Crippen molar-refractivity contribution < 1.29 is 14.3 Å². The highest BCUT2D eigenvalue weighted by Gasteiger charge is 2.24. The van der Waals surface area contributed by atoms with Crippen LogP contribution < -0.4 is 10.1 Å². The van der Waals surface area contributed by atoms with Gasteiger partial charge in [0, 0.05) is 23.1 Å². The van der Waals surface area contributed by atoms with Crippen LogP contribution in [-0.2, 0) is 10.2 Å². The number of aryl methyl sites for hydroxylation is 1. The fourth-order valence-corrected chi connectivity index (χ4v) is 3.44. The Balaban J connectivity index is 1.86. The molecule has 1 heterocycles. The van der Waals surface area contributed by atoms with Crippen molar-refractivity contribution in [3.05, 3.63) is 71.4 Å². The van der Waals surface area contributed by atoms with Gasteiger partial charge in [-0.25, -0.2) is 4.68 Å². The highest BCUT2D eigenvalue weighted by molar-refractivity contribution is 5.99. The average molecular weight is 463 g/mol.